The summed E-state index contributed by atoms with van der Waals surface area (Å²) in [5, 5.41) is 13.7. The molecule has 22 heavy (non-hydrogen) atoms. The van der Waals surface area contributed by atoms with Crippen LogP contribution in [-0.4, -0.2) is 42.0 Å². The number of rotatable bonds is 2. The molecule has 1 N–H and O–H groups in total. The van der Waals surface area contributed by atoms with Crippen molar-refractivity contribution >= 4 is 17.3 Å². The lowest BCUT2D eigenvalue weighted by molar-refractivity contribution is -0.384. The molecular formula is C13H14F3N3O3. The first-order valence-electron chi connectivity index (χ1n) is 6.58. The zero-order valence-electron chi connectivity index (χ0n) is 11.7. The van der Waals surface area contributed by atoms with Gasteiger partial charge in [-0.25, -0.2) is 0 Å². The van der Waals surface area contributed by atoms with Crippen LogP contribution in [0.4, 0.5) is 24.5 Å². The van der Waals surface area contributed by atoms with E-state index >= 15 is 0 Å². The predicted octanol–water partition coefficient (Wildman–Crippen LogP) is 2.13. The molecule has 2 rings (SSSR count). The van der Waals surface area contributed by atoms with Crippen molar-refractivity contribution in [2.45, 2.75) is 19.0 Å². The fourth-order valence-electron chi connectivity index (χ4n) is 2.50. The molecule has 1 aliphatic heterocycles. The molecule has 9 heteroatoms. The zero-order valence-corrected chi connectivity index (χ0v) is 11.7. The monoisotopic (exact) mass is 317 g/mol. The smallest absolute Gasteiger partial charge is 0.383 e. The number of hydrogen-bond acceptors (Lipinski definition) is 4. The van der Waals surface area contributed by atoms with Gasteiger partial charge in [-0.05, 0) is 30.0 Å². The van der Waals surface area contributed by atoms with Gasteiger partial charge >= 0.3 is 12.1 Å². The van der Waals surface area contributed by atoms with Crippen molar-refractivity contribution in [2.24, 2.45) is 0 Å². The Hall–Kier alpha value is -2.32. The van der Waals surface area contributed by atoms with Crippen LogP contribution in [0, 0.1) is 10.1 Å². The molecule has 0 fully saturated rings. The lowest BCUT2D eigenvalue weighted by atomic mass is 10.0. The van der Waals surface area contributed by atoms with Crippen LogP contribution in [0.25, 0.3) is 0 Å². The van der Waals surface area contributed by atoms with Crippen molar-refractivity contribution in [2.75, 3.05) is 25.5 Å². The highest BCUT2D eigenvalue weighted by Crippen LogP contribution is 2.30. The molecule has 1 aromatic carbocycles. The van der Waals surface area contributed by atoms with Crippen LogP contribution in [0.2, 0.25) is 0 Å². The Morgan fingerprint density at radius 1 is 1.27 bits per heavy atom. The summed E-state index contributed by atoms with van der Waals surface area (Å²) in [4.78, 5) is 22.5. The number of nitro benzene ring substituents is 1. The summed E-state index contributed by atoms with van der Waals surface area (Å²) in [5.41, 5.74) is 1.49. The minimum absolute atomic E-state index is 0.0632. The fraction of sp³-hybridized carbons (Fsp3) is 0.462. The topological polar surface area (TPSA) is 75.5 Å². The van der Waals surface area contributed by atoms with E-state index in [-0.39, 0.29) is 31.6 Å². The Kier molecular flexibility index (Phi) is 4.25. The number of nitrogens with zero attached hydrogens (tertiary/aromatic N) is 2. The van der Waals surface area contributed by atoms with Gasteiger partial charge in [-0.2, -0.15) is 13.2 Å². The van der Waals surface area contributed by atoms with Crippen LogP contribution in [0.15, 0.2) is 12.1 Å². The fourth-order valence-corrected chi connectivity index (χ4v) is 2.50. The number of amides is 1. The normalized spacial score (nSPS) is 15.0. The molecule has 0 aliphatic carbocycles. The van der Waals surface area contributed by atoms with Crippen molar-refractivity contribution in [1.29, 1.82) is 0 Å². The van der Waals surface area contributed by atoms with Gasteiger partial charge in [0.25, 0.3) is 5.69 Å². The molecule has 0 unspecified atom stereocenters. The number of benzene rings is 1. The molecule has 0 bridgehead atoms. The molecule has 0 spiro atoms. The molecule has 0 saturated heterocycles. The summed E-state index contributed by atoms with van der Waals surface area (Å²) >= 11 is 0. The zero-order chi connectivity index (χ0) is 16.5. The second-order valence-corrected chi connectivity index (χ2v) is 4.94. The SMILES string of the molecule is CNc1cc2c(cc1[N+](=O)[O-])CCN(C(=O)C(F)(F)F)CC2. The molecule has 0 radical (unpaired) electrons. The average molecular weight is 317 g/mol. The maximum Gasteiger partial charge on any atom is 0.471 e. The van der Waals surface area contributed by atoms with Gasteiger partial charge in [-0.1, -0.05) is 0 Å². The number of nitrogens with one attached hydrogen (secondary N) is 1. The Morgan fingerprint density at radius 2 is 1.82 bits per heavy atom. The van der Waals surface area contributed by atoms with Crippen molar-refractivity contribution in [3.8, 4) is 0 Å². The standard InChI is InChI=1S/C13H14F3N3O3/c1-17-10-6-8-2-4-18(12(20)13(14,15)16)5-3-9(8)7-11(10)19(21)22/h6-7,17H,2-5H2,1H3. The summed E-state index contributed by atoms with van der Waals surface area (Å²) in [6.45, 7) is -0.173. The number of nitro groups is 1. The molecule has 0 saturated carbocycles. The summed E-state index contributed by atoms with van der Waals surface area (Å²) in [6, 6.07) is 2.93. The Labute approximate surface area is 124 Å². The molecule has 1 amide bonds. The number of halogens is 3. The van der Waals surface area contributed by atoms with Gasteiger partial charge in [0.2, 0.25) is 0 Å². The van der Waals surface area contributed by atoms with Crippen LogP contribution in [-0.2, 0) is 17.6 Å². The third kappa shape index (κ3) is 3.12. The van der Waals surface area contributed by atoms with Crippen LogP contribution in [0.5, 0.6) is 0 Å². The Balaban J connectivity index is 2.29. The van der Waals surface area contributed by atoms with E-state index in [2.05, 4.69) is 5.32 Å². The molecule has 120 valence electrons. The van der Waals surface area contributed by atoms with Crippen LogP contribution in [0.1, 0.15) is 11.1 Å². The van der Waals surface area contributed by atoms with Crippen molar-refractivity contribution < 1.29 is 22.9 Å². The predicted molar refractivity (Wildman–Crippen MR) is 72.7 cm³/mol. The number of alkyl halides is 3. The minimum atomic E-state index is -4.90. The summed E-state index contributed by atoms with van der Waals surface area (Å²) in [6.07, 6.45) is -4.52. The summed E-state index contributed by atoms with van der Waals surface area (Å²) in [5.74, 6) is -1.87. The number of carbonyl (C=O) groups is 1. The third-order valence-corrected chi connectivity index (χ3v) is 3.62. The highest BCUT2D eigenvalue weighted by Gasteiger charge is 2.42. The minimum Gasteiger partial charge on any atom is -0.383 e. The van der Waals surface area contributed by atoms with E-state index in [0.29, 0.717) is 16.8 Å². The molecule has 1 heterocycles. The highest BCUT2D eigenvalue weighted by atomic mass is 19.4. The Morgan fingerprint density at radius 3 is 2.27 bits per heavy atom. The van der Waals surface area contributed by atoms with E-state index in [0.717, 1.165) is 4.90 Å². The summed E-state index contributed by atoms with van der Waals surface area (Å²) < 4.78 is 37.5. The van der Waals surface area contributed by atoms with E-state index in [1.165, 1.54) is 13.1 Å². The van der Waals surface area contributed by atoms with Gasteiger partial charge in [0.05, 0.1) is 4.92 Å². The van der Waals surface area contributed by atoms with Crippen LogP contribution >= 0.6 is 0 Å². The van der Waals surface area contributed by atoms with Crippen LogP contribution in [0.3, 0.4) is 0 Å². The van der Waals surface area contributed by atoms with E-state index in [4.69, 9.17) is 0 Å². The van der Waals surface area contributed by atoms with Gasteiger partial charge in [0.15, 0.2) is 0 Å². The van der Waals surface area contributed by atoms with E-state index in [9.17, 15) is 28.1 Å². The highest BCUT2D eigenvalue weighted by molar-refractivity contribution is 5.82. The second kappa shape index (κ2) is 5.82. The van der Waals surface area contributed by atoms with Gasteiger partial charge in [-0.15, -0.1) is 0 Å². The Bertz CT molecular complexity index is 617. The molecule has 0 atom stereocenters. The number of fused-ring (bicyclic) bond motifs is 1. The lowest BCUT2D eigenvalue weighted by Crippen LogP contribution is -2.42. The molecule has 1 aromatic rings. The van der Waals surface area contributed by atoms with Crippen LogP contribution < -0.4 is 5.32 Å². The third-order valence-electron chi connectivity index (χ3n) is 3.62. The van der Waals surface area contributed by atoms with E-state index < -0.39 is 17.0 Å². The summed E-state index contributed by atoms with van der Waals surface area (Å²) in [7, 11) is 1.53. The number of anilines is 1. The van der Waals surface area contributed by atoms with E-state index in [1.54, 1.807) is 6.07 Å². The van der Waals surface area contributed by atoms with Gasteiger partial charge in [-0.3, -0.25) is 14.9 Å². The number of carbonyl (C=O) groups excluding carboxylic acids is 1. The number of hydrogen-bond donors (Lipinski definition) is 1. The average Bonchev–Trinajstić information content (AvgIpc) is 2.65. The van der Waals surface area contributed by atoms with Gasteiger partial charge in [0.1, 0.15) is 5.69 Å². The second-order valence-electron chi connectivity index (χ2n) is 4.94. The van der Waals surface area contributed by atoms with Crippen molar-refractivity contribution in [3.63, 3.8) is 0 Å². The van der Waals surface area contributed by atoms with Gasteiger partial charge in [0, 0.05) is 26.2 Å². The molecule has 6 nitrogen and oxygen atoms in total. The van der Waals surface area contributed by atoms with Gasteiger partial charge < -0.3 is 10.2 Å². The first kappa shape index (κ1) is 16.1. The first-order chi connectivity index (χ1) is 10.2. The maximum atomic E-state index is 12.5. The molecule has 1 aliphatic rings. The first-order valence-corrected chi connectivity index (χ1v) is 6.58. The maximum absolute atomic E-state index is 12.5. The van der Waals surface area contributed by atoms with Crippen molar-refractivity contribution in [1.82, 2.24) is 4.90 Å². The quantitative estimate of drug-likeness (QED) is 0.670. The van der Waals surface area contributed by atoms with E-state index in [1.807, 2.05) is 0 Å². The largest absolute Gasteiger partial charge is 0.471 e. The molecular weight excluding hydrogens is 303 g/mol. The lowest BCUT2D eigenvalue weighted by Gasteiger charge is -2.21. The molecule has 0 aromatic heterocycles. The van der Waals surface area contributed by atoms with Crippen molar-refractivity contribution in [3.05, 3.63) is 33.4 Å².